The van der Waals surface area contributed by atoms with Crippen LogP contribution in [0.1, 0.15) is 5.69 Å². The van der Waals surface area contributed by atoms with Gasteiger partial charge in [0.1, 0.15) is 24.1 Å². The van der Waals surface area contributed by atoms with Crippen molar-refractivity contribution in [2.24, 2.45) is 0 Å². The van der Waals surface area contributed by atoms with E-state index in [1.54, 1.807) is 14.2 Å². The van der Waals surface area contributed by atoms with E-state index in [1.807, 2.05) is 12.1 Å². The molecule has 0 unspecified atom stereocenters. The first kappa shape index (κ1) is 10.6. The number of ether oxygens (including phenoxy) is 2. The molecule has 2 aromatic rings. The number of fused-ring (bicyclic) bond motifs is 1. The molecule has 3 N–H and O–H groups in total. The van der Waals surface area contributed by atoms with Crippen LogP contribution in [-0.2, 0) is 6.54 Å². The second kappa shape index (κ2) is 4.32. The van der Waals surface area contributed by atoms with Crippen LogP contribution in [0.2, 0.25) is 0 Å². The molecule has 1 aromatic carbocycles. The summed E-state index contributed by atoms with van der Waals surface area (Å²) in [6, 6.07) is 3.78. The minimum Gasteiger partial charge on any atom is -0.493 e. The van der Waals surface area contributed by atoms with Crippen molar-refractivity contribution in [3.05, 3.63) is 24.2 Å². The first-order valence-corrected chi connectivity index (χ1v) is 4.95. The van der Waals surface area contributed by atoms with E-state index in [2.05, 4.69) is 15.7 Å². The van der Waals surface area contributed by atoms with Gasteiger partial charge in [0.15, 0.2) is 11.5 Å². The van der Waals surface area contributed by atoms with Crippen LogP contribution in [0.25, 0.3) is 10.9 Å². The van der Waals surface area contributed by atoms with Crippen LogP contribution in [-0.4, -0.2) is 24.2 Å². The molecule has 0 saturated carbocycles. The van der Waals surface area contributed by atoms with Gasteiger partial charge in [-0.2, -0.15) is 0 Å². The van der Waals surface area contributed by atoms with E-state index in [4.69, 9.17) is 9.47 Å². The summed E-state index contributed by atoms with van der Waals surface area (Å²) in [6.45, 7) is 0.620. The lowest BCUT2D eigenvalue weighted by Gasteiger charge is -2.10. The Morgan fingerprint density at radius 1 is 1.19 bits per heavy atom. The predicted molar refractivity (Wildman–Crippen MR) is 59.2 cm³/mol. The third kappa shape index (κ3) is 1.55. The summed E-state index contributed by atoms with van der Waals surface area (Å²) >= 11 is 0. The number of methoxy groups -OCH3 is 2. The average Bonchev–Trinajstić information content (AvgIpc) is 2.36. The Bertz CT molecular complexity index is 514. The fourth-order valence-electron chi connectivity index (χ4n) is 1.70. The van der Waals surface area contributed by atoms with Gasteiger partial charge in [-0.25, -0.2) is 9.97 Å². The molecule has 0 aliphatic carbocycles. The molecule has 84 valence electrons. The first-order chi connectivity index (χ1) is 7.81. The summed E-state index contributed by atoms with van der Waals surface area (Å²) in [7, 11) is 3.20. The van der Waals surface area contributed by atoms with Gasteiger partial charge in [-0.3, -0.25) is 0 Å². The van der Waals surface area contributed by atoms with Gasteiger partial charge in [-0.15, -0.1) is 0 Å². The number of benzene rings is 1. The molecule has 5 nitrogen and oxygen atoms in total. The summed E-state index contributed by atoms with van der Waals surface area (Å²) in [5.74, 6) is 1.31. The van der Waals surface area contributed by atoms with Crippen LogP contribution >= 0.6 is 0 Å². The van der Waals surface area contributed by atoms with Gasteiger partial charge < -0.3 is 15.2 Å². The smallest absolute Gasteiger partial charge is 0.187 e. The molecule has 0 spiro atoms. The Hall–Kier alpha value is -1.88. The molecular formula is C11H14N3O2+. The van der Waals surface area contributed by atoms with E-state index >= 15 is 0 Å². The van der Waals surface area contributed by atoms with Crippen molar-refractivity contribution in [3.8, 4) is 11.5 Å². The number of aromatic nitrogens is 2. The Balaban J connectivity index is 2.78. The predicted octanol–water partition coefficient (Wildman–Crippen LogP) is 0.389. The van der Waals surface area contributed by atoms with E-state index < -0.39 is 0 Å². The van der Waals surface area contributed by atoms with Gasteiger partial charge >= 0.3 is 0 Å². The Morgan fingerprint density at radius 3 is 2.62 bits per heavy atom. The highest BCUT2D eigenvalue weighted by molar-refractivity contribution is 5.88. The SMILES string of the molecule is COc1ccc2c(C[NH3+])ncnc2c1OC. The van der Waals surface area contributed by atoms with Crippen molar-refractivity contribution < 1.29 is 15.2 Å². The Morgan fingerprint density at radius 2 is 2.00 bits per heavy atom. The zero-order chi connectivity index (χ0) is 11.5. The van der Waals surface area contributed by atoms with Crippen molar-refractivity contribution in [2.75, 3.05) is 14.2 Å². The summed E-state index contributed by atoms with van der Waals surface area (Å²) < 4.78 is 10.5. The van der Waals surface area contributed by atoms with Gasteiger partial charge in [0.2, 0.25) is 0 Å². The molecule has 0 aliphatic rings. The van der Waals surface area contributed by atoms with E-state index in [0.717, 1.165) is 16.6 Å². The quantitative estimate of drug-likeness (QED) is 0.812. The highest BCUT2D eigenvalue weighted by atomic mass is 16.5. The minimum atomic E-state index is 0.620. The fraction of sp³-hybridized carbons (Fsp3) is 0.273. The molecule has 2 rings (SSSR count). The Kier molecular flexibility index (Phi) is 2.87. The second-order valence-corrected chi connectivity index (χ2v) is 3.27. The molecular weight excluding hydrogens is 206 g/mol. The number of nitrogens with zero attached hydrogens (tertiary/aromatic N) is 2. The molecule has 0 radical (unpaired) electrons. The Labute approximate surface area is 93.2 Å². The third-order valence-electron chi connectivity index (χ3n) is 2.47. The van der Waals surface area contributed by atoms with Crippen LogP contribution in [0.15, 0.2) is 18.5 Å². The molecule has 5 heteroatoms. The second-order valence-electron chi connectivity index (χ2n) is 3.27. The van der Waals surface area contributed by atoms with Gasteiger partial charge in [-0.1, -0.05) is 0 Å². The fourth-order valence-corrected chi connectivity index (χ4v) is 1.70. The summed E-state index contributed by atoms with van der Waals surface area (Å²) in [5.41, 5.74) is 5.51. The largest absolute Gasteiger partial charge is 0.493 e. The first-order valence-electron chi connectivity index (χ1n) is 4.95. The van der Waals surface area contributed by atoms with E-state index in [1.165, 1.54) is 6.33 Å². The zero-order valence-corrected chi connectivity index (χ0v) is 9.36. The zero-order valence-electron chi connectivity index (χ0n) is 9.36. The maximum Gasteiger partial charge on any atom is 0.187 e. The van der Waals surface area contributed by atoms with E-state index in [9.17, 15) is 0 Å². The standard InChI is InChI=1S/C11H13N3O2/c1-15-9-4-3-7-8(5-12)13-6-14-10(7)11(9)16-2/h3-4,6H,5,12H2,1-2H3/p+1. The monoisotopic (exact) mass is 220 g/mol. The molecule has 0 bridgehead atoms. The van der Waals surface area contributed by atoms with Gasteiger partial charge in [-0.05, 0) is 12.1 Å². The van der Waals surface area contributed by atoms with Crippen molar-refractivity contribution in [3.63, 3.8) is 0 Å². The molecule has 0 atom stereocenters. The molecule has 0 saturated heterocycles. The molecule has 0 fully saturated rings. The van der Waals surface area contributed by atoms with Crippen molar-refractivity contribution in [1.82, 2.24) is 9.97 Å². The van der Waals surface area contributed by atoms with Gasteiger partial charge in [0.25, 0.3) is 0 Å². The highest BCUT2D eigenvalue weighted by Crippen LogP contribution is 2.34. The number of rotatable bonds is 3. The molecule has 1 aromatic heterocycles. The van der Waals surface area contributed by atoms with Gasteiger partial charge in [0, 0.05) is 5.39 Å². The normalized spacial score (nSPS) is 10.4. The number of hydrogen-bond acceptors (Lipinski definition) is 4. The van der Waals surface area contributed by atoms with Crippen molar-refractivity contribution >= 4 is 10.9 Å². The number of quaternary nitrogens is 1. The number of hydrogen-bond donors (Lipinski definition) is 1. The third-order valence-corrected chi connectivity index (χ3v) is 2.47. The molecule has 0 aliphatic heterocycles. The highest BCUT2D eigenvalue weighted by Gasteiger charge is 2.12. The van der Waals surface area contributed by atoms with Crippen LogP contribution in [0.3, 0.4) is 0 Å². The molecule has 16 heavy (non-hydrogen) atoms. The summed E-state index contributed by atoms with van der Waals surface area (Å²) in [5, 5.41) is 0.954. The van der Waals surface area contributed by atoms with Crippen LogP contribution in [0.5, 0.6) is 11.5 Å². The van der Waals surface area contributed by atoms with Crippen LogP contribution in [0.4, 0.5) is 0 Å². The van der Waals surface area contributed by atoms with E-state index in [0.29, 0.717) is 18.0 Å². The van der Waals surface area contributed by atoms with Gasteiger partial charge in [0.05, 0.1) is 14.2 Å². The minimum absolute atomic E-state index is 0.620. The molecule has 0 amide bonds. The van der Waals surface area contributed by atoms with Crippen LogP contribution < -0.4 is 15.2 Å². The lowest BCUT2D eigenvalue weighted by molar-refractivity contribution is -0.387. The van der Waals surface area contributed by atoms with Crippen molar-refractivity contribution in [1.29, 1.82) is 0 Å². The summed E-state index contributed by atoms with van der Waals surface area (Å²) in [4.78, 5) is 8.41. The summed E-state index contributed by atoms with van der Waals surface area (Å²) in [6.07, 6.45) is 1.52. The maximum atomic E-state index is 5.31. The van der Waals surface area contributed by atoms with Crippen molar-refractivity contribution in [2.45, 2.75) is 6.54 Å². The molecule has 1 heterocycles. The van der Waals surface area contributed by atoms with Crippen LogP contribution in [0, 0.1) is 0 Å². The lowest BCUT2D eigenvalue weighted by atomic mass is 10.1. The topological polar surface area (TPSA) is 71.9 Å². The average molecular weight is 220 g/mol. The maximum absolute atomic E-state index is 5.31. The van der Waals surface area contributed by atoms with E-state index in [-0.39, 0.29) is 0 Å². The lowest BCUT2D eigenvalue weighted by Crippen LogP contribution is -2.47.